The average Bonchev–Trinajstić information content (AvgIpc) is 2.48. The van der Waals surface area contributed by atoms with Crippen molar-refractivity contribution in [3.63, 3.8) is 0 Å². The Hall–Kier alpha value is -1.45. The Labute approximate surface area is 134 Å². The van der Waals surface area contributed by atoms with E-state index in [0.717, 1.165) is 17.1 Å². The van der Waals surface area contributed by atoms with Gasteiger partial charge in [0, 0.05) is 11.3 Å². The Morgan fingerprint density at radius 3 is 2.52 bits per heavy atom. The van der Waals surface area contributed by atoms with E-state index in [1.165, 1.54) is 5.56 Å². The van der Waals surface area contributed by atoms with Gasteiger partial charge in [0.2, 0.25) is 0 Å². The molecule has 4 heteroatoms. The maximum atomic E-state index is 12.2. The maximum absolute atomic E-state index is 12.2. The molecule has 0 aromatic heterocycles. The number of hydrogen-bond donors (Lipinski definition) is 1. The van der Waals surface area contributed by atoms with Gasteiger partial charge in [-0.2, -0.15) is 11.8 Å². The highest BCUT2D eigenvalue weighted by molar-refractivity contribution is 7.98. The van der Waals surface area contributed by atoms with Crippen LogP contribution in [0.15, 0.2) is 42.5 Å². The van der Waals surface area contributed by atoms with Gasteiger partial charge in [-0.05, 0) is 48.1 Å². The summed E-state index contributed by atoms with van der Waals surface area (Å²) in [4.78, 5) is 12.2. The standard InChI is InChI=1S/C17H18ClNOS/c1-3-21-11-13-5-7-14(8-6-13)17(20)19-16-9-4-12(2)10-15(16)18/h4-10H,3,11H2,1-2H3,(H,19,20). The Bertz CT molecular complexity index is 625. The van der Waals surface area contributed by atoms with Crippen LogP contribution in [0.3, 0.4) is 0 Å². The predicted molar refractivity (Wildman–Crippen MR) is 92.4 cm³/mol. The summed E-state index contributed by atoms with van der Waals surface area (Å²) in [5, 5.41) is 3.40. The van der Waals surface area contributed by atoms with Crippen LogP contribution < -0.4 is 5.32 Å². The maximum Gasteiger partial charge on any atom is 0.255 e. The number of halogens is 1. The molecule has 0 bridgehead atoms. The second kappa shape index (κ2) is 7.53. The van der Waals surface area contributed by atoms with E-state index < -0.39 is 0 Å². The highest BCUT2D eigenvalue weighted by Gasteiger charge is 2.08. The van der Waals surface area contributed by atoms with Crippen molar-refractivity contribution in [2.24, 2.45) is 0 Å². The second-order valence-corrected chi connectivity index (χ2v) is 6.45. The zero-order valence-electron chi connectivity index (χ0n) is 12.2. The lowest BCUT2D eigenvalue weighted by Gasteiger charge is -2.08. The number of amides is 1. The molecule has 0 spiro atoms. The molecule has 0 atom stereocenters. The minimum atomic E-state index is -0.143. The first kappa shape index (κ1) is 15.9. The monoisotopic (exact) mass is 319 g/mol. The molecule has 0 saturated heterocycles. The Balaban J connectivity index is 2.06. The van der Waals surface area contributed by atoms with Gasteiger partial charge in [-0.1, -0.05) is 36.7 Å². The Morgan fingerprint density at radius 2 is 1.90 bits per heavy atom. The molecular formula is C17H18ClNOS. The van der Waals surface area contributed by atoms with E-state index in [-0.39, 0.29) is 5.91 Å². The van der Waals surface area contributed by atoms with Crippen LogP contribution in [0.1, 0.15) is 28.4 Å². The lowest BCUT2D eigenvalue weighted by Crippen LogP contribution is -2.12. The summed E-state index contributed by atoms with van der Waals surface area (Å²) in [5.74, 6) is 1.92. The number of anilines is 1. The zero-order chi connectivity index (χ0) is 15.2. The van der Waals surface area contributed by atoms with E-state index in [1.54, 1.807) is 0 Å². The van der Waals surface area contributed by atoms with E-state index in [4.69, 9.17) is 11.6 Å². The molecule has 1 amide bonds. The molecule has 0 aliphatic heterocycles. The molecule has 0 heterocycles. The smallest absolute Gasteiger partial charge is 0.255 e. The molecule has 2 nitrogen and oxygen atoms in total. The van der Waals surface area contributed by atoms with Crippen LogP contribution in [-0.4, -0.2) is 11.7 Å². The van der Waals surface area contributed by atoms with E-state index in [2.05, 4.69) is 12.2 Å². The SMILES string of the molecule is CCSCc1ccc(C(=O)Nc2ccc(C)cc2Cl)cc1. The number of carbonyl (C=O) groups excluding carboxylic acids is 1. The summed E-state index contributed by atoms with van der Waals surface area (Å²) in [5.41, 5.74) is 3.57. The highest BCUT2D eigenvalue weighted by Crippen LogP contribution is 2.23. The van der Waals surface area contributed by atoms with Gasteiger partial charge in [0.25, 0.3) is 5.91 Å². The molecule has 0 fully saturated rings. The summed E-state index contributed by atoms with van der Waals surface area (Å²) in [6.07, 6.45) is 0. The molecule has 0 radical (unpaired) electrons. The summed E-state index contributed by atoms with van der Waals surface area (Å²) in [6.45, 7) is 4.10. The van der Waals surface area contributed by atoms with Crippen molar-refractivity contribution in [3.05, 3.63) is 64.2 Å². The average molecular weight is 320 g/mol. The van der Waals surface area contributed by atoms with Gasteiger partial charge in [-0.3, -0.25) is 4.79 Å². The van der Waals surface area contributed by atoms with Crippen molar-refractivity contribution in [2.45, 2.75) is 19.6 Å². The van der Waals surface area contributed by atoms with Gasteiger partial charge in [-0.15, -0.1) is 0 Å². The van der Waals surface area contributed by atoms with Gasteiger partial charge < -0.3 is 5.32 Å². The van der Waals surface area contributed by atoms with E-state index >= 15 is 0 Å². The number of carbonyl (C=O) groups is 1. The van der Waals surface area contributed by atoms with E-state index in [0.29, 0.717) is 16.3 Å². The van der Waals surface area contributed by atoms with Gasteiger partial charge in [0.1, 0.15) is 0 Å². The first-order chi connectivity index (χ1) is 10.1. The van der Waals surface area contributed by atoms with Crippen LogP contribution in [-0.2, 0) is 5.75 Å². The van der Waals surface area contributed by atoms with Gasteiger partial charge in [-0.25, -0.2) is 0 Å². The Kier molecular flexibility index (Phi) is 5.71. The lowest BCUT2D eigenvalue weighted by molar-refractivity contribution is 0.102. The number of benzene rings is 2. The first-order valence-corrected chi connectivity index (χ1v) is 8.37. The third-order valence-electron chi connectivity index (χ3n) is 3.06. The molecule has 0 saturated carbocycles. The van der Waals surface area contributed by atoms with Crippen LogP contribution in [0.25, 0.3) is 0 Å². The first-order valence-electron chi connectivity index (χ1n) is 6.84. The molecule has 21 heavy (non-hydrogen) atoms. The fourth-order valence-electron chi connectivity index (χ4n) is 1.89. The van der Waals surface area contributed by atoms with Crippen LogP contribution in [0.5, 0.6) is 0 Å². The van der Waals surface area contributed by atoms with Crippen molar-refractivity contribution < 1.29 is 4.79 Å². The molecule has 2 aromatic rings. The topological polar surface area (TPSA) is 29.1 Å². The fourth-order valence-corrected chi connectivity index (χ4v) is 2.80. The number of thioether (sulfide) groups is 1. The molecule has 110 valence electrons. The van der Waals surface area contributed by atoms with Crippen molar-refractivity contribution in [3.8, 4) is 0 Å². The van der Waals surface area contributed by atoms with Crippen molar-refractivity contribution in [1.82, 2.24) is 0 Å². The molecular weight excluding hydrogens is 302 g/mol. The molecule has 1 N–H and O–H groups in total. The molecule has 0 aliphatic carbocycles. The highest BCUT2D eigenvalue weighted by atomic mass is 35.5. The summed E-state index contributed by atoms with van der Waals surface area (Å²) in [7, 11) is 0. The van der Waals surface area contributed by atoms with Crippen LogP contribution >= 0.6 is 23.4 Å². The van der Waals surface area contributed by atoms with E-state index in [9.17, 15) is 4.79 Å². The number of hydrogen-bond acceptors (Lipinski definition) is 2. The van der Waals surface area contributed by atoms with Gasteiger partial charge in [0.05, 0.1) is 10.7 Å². The van der Waals surface area contributed by atoms with Crippen molar-refractivity contribution in [2.75, 3.05) is 11.1 Å². The van der Waals surface area contributed by atoms with Crippen LogP contribution in [0.4, 0.5) is 5.69 Å². The van der Waals surface area contributed by atoms with Crippen molar-refractivity contribution >= 4 is 35.0 Å². The third kappa shape index (κ3) is 4.51. The molecule has 2 rings (SSSR count). The molecule has 2 aromatic carbocycles. The number of nitrogens with one attached hydrogen (secondary N) is 1. The lowest BCUT2D eigenvalue weighted by atomic mass is 10.1. The summed E-state index contributed by atoms with van der Waals surface area (Å²) >= 11 is 7.99. The zero-order valence-corrected chi connectivity index (χ0v) is 13.7. The Morgan fingerprint density at radius 1 is 1.19 bits per heavy atom. The number of rotatable bonds is 5. The minimum absolute atomic E-state index is 0.143. The van der Waals surface area contributed by atoms with Gasteiger partial charge >= 0.3 is 0 Å². The van der Waals surface area contributed by atoms with E-state index in [1.807, 2.05) is 61.2 Å². The molecule has 0 aliphatic rings. The van der Waals surface area contributed by atoms with Crippen molar-refractivity contribution in [1.29, 1.82) is 0 Å². The van der Waals surface area contributed by atoms with Crippen LogP contribution in [0.2, 0.25) is 5.02 Å². The second-order valence-electron chi connectivity index (χ2n) is 4.77. The third-order valence-corrected chi connectivity index (χ3v) is 4.32. The molecule has 0 unspecified atom stereocenters. The largest absolute Gasteiger partial charge is 0.321 e. The quantitative estimate of drug-likeness (QED) is 0.825. The fraction of sp³-hybridized carbons (Fsp3) is 0.235. The summed E-state index contributed by atoms with van der Waals surface area (Å²) < 4.78 is 0. The minimum Gasteiger partial charge on any atom is -0.321 e. The predicted octanol–water partition coefficient (Wildman–Crippen LogP) is 5.15. The summed E-state index contributed by atoms with van der Waals surface area (Å²) in [6, 6.07) is 13.3. The van der Waals surface area contributed by atoms with Crippen LogP contribution in [0, 0.1) is 6.92 Å². The normalized spacial score (nSPS) is 10.4. The van der Waals surface area contributed by atoms with Gasteiger partial charge in [0.15, 0.2) is 0 Å². The number of aryl methyl sites for hydroxylation is 1.